The van der Waals surface area contributed by atoms with Crippen LogP contribution in [0.15, 0.2) is 64.4 Å². The zero-order chi connectivity index (χ0) is 16.6. The van der Waals surface area contributed by atoms with Crippen molar-refractivity contribution in [3.8, 4) is 22.8 Å². The third-order valence-corrected chi connectivity index (χ3v) is 5.52. The summed E-state index contributed by atoms with van der Waals surface area (Å²) >= 11 is 1.70. The maximum Gasteiger partial charge on any atom is 0.181 e. The maximum atomic E-state index is 6.07. The number of ether oxygens (including phenoxy) is 1. The van der Waals surface area contributed by atoms with Crippen LogP contribution in [0.5, 0.6) is 11.5 Å². The lowest BCUT2D eigenvalue weighted by Crippen LogP contribution is -2.41. The Morgan fingerprint density at radius 1 is 1.20 bits per heavy atom. The third kappa shape index (κ3) is 2.77. The summed E-state index contributed by atoms with van der Waals surface area (Å²) in [5.74, 6) is 2.35. The predicted octanol–water partition coefficient (Wildman–Crippen LogP) is 4.67. The molecule has 3 heterocycles. The number of oxazole rings is 1. The van der Waals surface area contributed by atoms with E-state index in [1.807, 2.05) is 30.3 Å². The molecular formula is C19H17N3O2S. The number of anilines is 1. The van der Waals surface area contributed by atoms with Crippen molar-refractivity contribution in [2.75, 3.05) is 11.4 Å². The van der Waals surface area contributed by atoms with Crippen LogP contribution in [0.4, 0.5) is 5.69 Å². The van der Waals surface area contributed by atoms with Crippen LogP contribution in [-0.4, -0.2) is 17.7 Å². The second-order valence-corrected chi connectivity index (χ2v) is 7.08. The summed E-state index contributed by atoms with van der Waals surface area (Å²) in [6.07, 6.45) is 6.04. The van der Waals surface area contributed by atoms with E-state index in [-0.39, 0.29) is 0 Å². The summed E-state index contributed by atoms with van der Waals surface area (Å²) in [6, 6.07) is 14.1. The Bertz CT molecular complexity index is 897. The minimum atomic E-state index is 0.461. The molecule has 1 saturated heterocycles. The Balaban J connectivity index is 1.41. The molecule has 1 atom stereocenters. The second-order valence-electron chi connectivity index (χ2n) is 6.20. The summed E-state index contributed by atoms with van der Waals surface area (Å²) in [7, 11) is 0. The molecule has 1 aromatic heterocycles. The van der Waals surface area contributed by atoms with Crippen molar-refractivity contribution in [2.24, 2.45) is 0 Å². The van der Waals surface area contributed by atoms with Crippen molar-refractivity contribution < 1.29 is 9.15 Å². The van der Waals surface area contributed by atoms with Gasteiger partial charge in [0.05, 0.1) is 18.1 Å². The average Bonchev–Trinajstić information content (AvgIpc) is 3.33. The molecule has 0 radical (unpaired) electrons. The standard InChI is InChI=1S/C19H17N3O2S/c1-3-13(17-11-20-12-23-17)9-14(4-1)24-15-6-7-16-18(10-15)25-21-19-5-2-8-22(16)19/h1,3-4,6-7,9-12,19,21H,2,5,8H2. The van der Waals surface area contributed by atoms with Crippen molar-refractivity contribution in [2.45, 2.75) is 23.9 Å². The first-order valence-corrected chi connectivity index (χ1v) is 9.18. The fraction of sp³-hybridized carbons (Fsp3) is 0.211. The number of fused-ring (bicyclic) bond motifs is 3. The second kappa shape index (κ2) is 6.13. The molecule has 2 aliphatic rings. The summed E-state index contributed by atoms with van der Waals surface area (Å²) < 4.78 is 15.0. The molecule has 1 unspecified atom stereocenters. The Morgan fingerprint density at radius 3 is 3.08 bits per heavy atom. The number of rotatable bonds is 3. The van der Waals surface area contributed by atoms with E-state index in [1.54, 1.807) is 18.1 Å². The number of hydrogen-bond acceptors (Lipinski definition) is 6. The van der Waals surface area contributed by atoms with E-state index in [0.29, 0.717) is 6.17 Å². The molecule has 6 heteroatoms. The zero-order valence-corrected chi connectivity index (χ0v) is 14.3. The van der Waals surface area contributed by atoms with Crippen molar-refractivity contribution in [1.82, 2.24) is 9.71 Å². The van der Waals surface area contributed by atoms with Gasteiger partial charge >= 0.3 is 0 Å². The van der Waals surface area contributed by atoms with E-state index < -0.39 is 0 Å². The first-order chi connectivity index (χ1) is 12.4. The van der Waals surface area contributed by atoms with Gasteiger partial charge < -0.3 is 14.1 Å². The van der Waals surface area contributed by atoms with Crippen LogP contribution in [0.2, 0.25) is 0 Å². The van der Waals surface area contributed by atoms with Crippen molar-refractivity contribution in [3.63, 3.8) is 0 Å². The van der Waals surface area contributed by atoms with Crippen LogP contribution >= 0.6 is 11.9 Å². The minimum Gasteiger partial charge on any atom is -0.457 e. The maximum absolute atomic E-state index is 6.07. The molecule has 0 amide bonds. The van der Waals surface area contributed by atoms with Gasteiger partial charge in [-0.25, -0.2) is 9.71 Å². The lowest BCUT2D eigenvalue weighted by molar-refractivity contribution is 0.480. The van der Waals surface area contributed by atoms with E-state index >= 15 is 0 Å². The van der Waals surface area contributed by atoms with Crippen LogP contribution in [0, 0.1) is 0 Å². The van der Waals surface area contributed by atoms with Gasteiger partial charge in [0, 0.05) is 17.0 Å². The van der Waals surface area contributed by atoms with Crippen molar-refractivity contribution in [3.05, 3.63) is 55.1 Å². The Labute approximate surface area is 150 Å². The van der Waals surface area contributed by atoms with E-state index in [2.05, 4.69) is 26.7 Å². The molecule has 2 aromatic carbocycles. The van der Waals surface area contributed by atoms with E-state index in [9.17, 15) is 0 Å². The number of nitrogens with one attached hydrogen (secondary N) is 1. The van der Waals surface area contributed by atoms with Gasteiger partial charge in [0.15, 0.2) is 12.2 Å². The highest BCUT2D eigenvalue weighted by molar-refractivity contribution is 7.97. The molecule has 126 valence electrons. The van der Waals surface area contributed by atoms with Crippen LogP contribution in [0.25, 0.3) is 11.3 Å². The number of benzene rings is 2. The highest BCUT2D eigenvalue weighted by atomic mass is 32.2. The molecule has 3 aromatic rings. The SMILES string of the molecule is c1cc(Oc2ccc3c(c2)SNC2CCCN32)cc(-c2cnco2)c1. The van der Waals surface area contributed by atoms with Gasteiger partial charge in [-0.05, 0) is 55.1 Å². The lowest BCUT2D eigenvalue weighted by Gasteiger charge is -2.33. The highest BCUT2D eigenvalue weighted by Gasteiger charge is 2.30. The Hall–Kier alpha value is -2.44. The lowest BCUT2D eigenvalue weighted by atomic mass is 10.2. The molecule has 0 bridgehead atoms. The monoisotopic (exact) mass is 351 g/mol. The van der Waals surface area contributed by atoms with Gasteiger partial charge in [-0.2, -0.15) is 0 Å². The number of nitrogens with zero attached hydrogens (tertiary/aromatic N) is 2. The first-order valence-electron chi connectivity index (χ1n) is 8.37. The molecule has 0 saturated carbocycles. The molecule has 2 aliphatic heterocycles. The van der Waals surface area contributed by atoms with Gasteiger partial charge in [0.25, 0.3) is 0 Å². The van der Waals surface area contributed by atoms with Gasteiger partial charge in [-0.15, -0.1) is 0 Å². The van der Waals surface area contributed by atoms with Gasteiger partial charge in [0.2, 0.25) is 0 Å². The van der Waals surface area contributed by atoms with Crippen LogP contribution in [0.1, 0.15) is 12.8 Å². The van der Waals surface area contributed by atoms with E-state index in [4.69, 9.17) is 9.15 Å². The summed E-state index contributed by atoms with van der Waals surface area (Å²) in [5.41, 5.74) is 2.25. The smallest absolute Gasteiger partial charge is 0.181 e. The number of hydrogen-bond donors (Lipinski definition) is 1. The largest absolute Gasteiger partial charge is 0.457 e. The van der Waals surface area contributed by atoms with Crippen LogP contribution in [0.3, 0.4) is 0 Å². The highest BCUT2D eigenvalue weighted by Crippen LogP contribution is 2.41. The van der Waals surface area contributed by atoms with E-state index in [1.165, 1.54) is 29.8 Å². The topological polar surface area (TPSA) is 50.5 Å². The molecule has 0 spiro atoms. The molecular weight excluding hydrogens is 334 g/mol. The fourth-order valence-electron chi connectivity index (χ4n) is 3.39. The average molecular weight is 351 g/mol. The van der Waals surface area contributed by atoms with Gasteiger partial charge in [-0.3, -0.25) is 0 Å². The molecule has 1 fully saturated rings. The van der Waals surface area contributed by atoms with Gasteiger partial charge in [0.1, 0.15) is 11.5 Å². The molecule has 1 N–H and O–H groups in total. The van der Waals surface area contributed by atoms with Crippen LogP contribution < -0.4 is 14.4 Å². The molecule has 5 rings (SSSR count). The molecule has 25 heavy (non-hydrogen) atoms. The fourth-order valence-corrected chi connectivity index (χ4v) is 4.37. The normalized spacial score (nSPS) is 18.7. The number of aromatic nitrogens is 1. The van der Waals surface area contributed by atoms with Crippen molar-refractivity contribution in [1.29, 1.82) is 0 Å². The Kier molecular flexibility index (Phi) is 3.64. The first kappa shape index (κ1) is 14.9. The molecule has 5 nitrogen and oxygen atoms in total. The van der Waals surface area contributed by atoms with Crippen molar-refractivity contribution >= 4 is 17.6 Å². The minimum absolute atomic E-state index is 0.461. The predicted molar refractivity (Wildman–Crippen MR) is 97.8 cm³/mol. The Morgan fingerprint density at radius 2 is 2.16 bits per heavy atom. The third-order valence-electron chi connectivity index (χ3n) is 4.59. The van der Waals surface area contributed by atoms with Gasteiger partial charge in [-0.1, -0.05) is 12.1 Å². The van der Waals surface area contributed by atoms with Crippen LogP contribution in [-0.2, 0) is 0 Å². The quantitative estimate of drug-likeness (QED) is 0.692. The summed E-state index contributed by atoms with van der Waals surface area (Å²) in [6.45, 7) is 1.12. The van der Waals surface area contributed by atoms with E-state index in [0.717, 1.165) is 29.4 Å². The summed E-state index contributed by atoms with van der Waals surface area (Å²) in [4.78, 5) is 7.62. The zero-order valence-electron chi connectivity index (χ0n) is 13.5. The summed E-state index contributed by atoms with van der Waals surface area (Å²) in [5, 5.41) is 0. The molecule has 0 aliphatic carbocycles.